The lowest BCUT2D eigenvalue weighted by molar-refractivity contribution is -0.122. The quantitative estimate of drug-likeness (QED) is 0.152. The maximum Gasteiger partial charge on any atom is 0.335 e. The molecule has 0 spiro atoms. The van der Waals surface area contributed by atoms with Gasteiger partial charge in [-0.15, -0.1) is 0 Å². The fourth-order valence-electron chi connectivity index (χ4n) is 3.75. The van der Waals surface area contributed by atoms with Crippen LogP contribution in [0.4, 0.5) is 5.69 Å². The van der Waals surface area contributed by atoms with E-state index in [1.807, 2.05) is 38.1 Å². The molecule has 0 radical (unpaired) electrons. The largest absolute Gasteiger partial charge is 0.490 e. The highest BCUT2D eigenvalue weighted by molar-refractivity contribution is 14.1. The number of hydrogen-bond donors (Lipinski definition) is 2. The minimum Gasteiger partial charge on any atom is -0.490 e. The molecule has 3 aromatic carbocycles. The summed E-state index contributed by atoms with van der Waals surface area (Å²) in [4.78, 5) is 38.6. The number of nitrogens with zero attached hydrogens (tertiary/aromatic N) is 1. The van der Waals surface area contributed by atoms with Gasteiger partial charge in [0.15, 0.2) is 16.6 Å². The van der Waals surface area contributed by atoms with Crippen LogP contribution in [0.5, 0.6) is 11.5 Å². The Morgan fingerprint density at radius 2 is 1.84 bits per heavy atom. The molecule has 1 aliphatic rings. The Labute approximate surface area is 238 Å². The van der Waals surface area contributed by atoms with Crippen LogP contribution in [-0.4, -0.2) is 34.6 Å². The molecule has 1 aliphatic heterocycles. The Morgan fingerprint density at radius 1 is 1.11 bits per heavy atom. The van der Waals surface area contributed by atoms with E-state index in [9.17, 15) is 19.5 Å². The monoisotopic (exact) mass is 642 g/mol. The molecular weight excluding hydrogens is 619 g/mol. The standard InChI is InChI=1S/C28H23IN2O6S/c1-3-36-23-13-18(12-22(29)24(23)37-15-17-9-7-16(2)8-10-17)11-21-25(32)30-28(38)31(26(21)33)20-6-4-5-19(14-20)27(34)35/h4-14H,3,15H2,1-2H3,(H,34,35)(H,30,32,38). The molecular formula is C28H23IN2O6S. The van der Waals surface area contributed by atoms with Crippen molar-refractivity contribution in [3.05, 3.63) is 92.1 Å². The summed E-state index contributed by atoms with van der Waals surface area (Å²) in [6.07, 6.45) is 1.45. The van der Waals surface area contributed by atoms with Crippen molar-refractivity contribution in [2.75, 3.05) is 11.5 Å². The van der Waals surface area contributed by atoms with Gasteiger partial charge in [0.25, 0.3) is 11.8 Å². The second-order valence-corrected chi connectivity index (χ2v) is 9.90. The van der Waals surface area contributed by atoms with E-state index in [4.69, 9.17) is 21.7 Å². The number of amides is 2. The smallest absolute Gasteiger partial charge is 0.335 e. The first kappa shape index (κ1) is 27.3. The summed E-state index contributed by atoms with van der Waals surface area (Å²) in [5.74, 6) is -1.44. The summed E-state index contributed by atoms with van der Waals surface area (Å²) in [7, 11) is 0. The Morgan fingerprint density at radius 3 is 2.53 bits per heavy atom. The number of aryl methyl sites for hydroxylation is 1. The first-order valence-corrected chi connectivity index (χ1v) is 13.1. The number of anilines is 1. The number of carboxylic acid groups (broad SMARTS) is 1. The fraction of sp³-hybridized carbons (Fsp3) is 0.143. The molecule has 2 N–H and O–H groups in total. The van der Waals surface area contributed by atoms with Crippen molar-refractivity contribution in [1.82, 2.24) is 5.32 Å². The van der Waals surface area contributed by atoms with Crippen molar-refractivity contribution in [3.63, 3.8) is 0 Å². The number of thiocarbonyl (C=S) groups is 1. The normalized spacial score (nSPS) is 14.4. The molecule has 10 heteroatoms. The van der Waals surface area contributed by atoms with E-state index in [2.05, 4.69) is 27.9 Å². The van der Waals surface area contributed by atoms with Crippen molar-refractivity contribution >= 4 is 69.5 Å². The zero-order valence-electron chi connectivity index (χ0n) is 20.5. The Balaban J connectivity index is 1.66. The number of benzene rings is 3. The molecule has 0 bridgehead atoms. The number of carbonyl (C=O) groups excluding carboxylic acids is 2. The number of rotatable bonds is 8. The van der Waals surface area contributed by atoms with Crippen LogP contribution in [0.25, 0.3) is 6.08 Å². The Kier molecular flexibility index (Phi) is 8.42. The summed E-state index contributed by atoms with van der Waals surface area (Å²) in [5, 5.41) is 11.7. The van der Waals surface area contributed by atoms with Gasteiger partial charge in [0.05, 0.1) is 21.4 Å². The van der Waals surface area contributed by atoms with E-state index < -0.39 is 17.8 Å². The van der Waals surface area contributed by atoms with Crippen LogP contribution in [0.15, 0.2) is 66.2 Å². The van der Waals surface area contributed by atoms with E-state index >= 15 is 0 Å². The van der Waals surface area contributed by atoms with Crippen LogP contribution in [0.3, 0.4) is 0 Å². The molecule has 0 saturated carbocycles. The lowest BCUT2D eigenvalue weighted by Gasteiger charge is -2.29. The Hall–Kier alpha value is -3.77. The second kappa shape index (κ2) is 11.7. The summed E-state index contributed by atoms with van der Waals surface area (Å²) in [6.45, 7) is 4.60. The van der Waals surface area contributed by atoms with Gasteiger partial charge in [-0.3, -0.25) is 19.8 Å². The minimum absolute atomic E-state index is 0.0161. The SMILES string of the molecule is CCOc1cc(C=C2C(=O)NC(=S)N(c3cccc(C(=O)O)c3)C2=O)cc(I)c1OCc1ccc(C)cc1. The number of aromatic carboxylic acids is 1. The molecule has 8 nitrogen and oxygen atoms in total. The molecule has 0 aliphatic carbocycles. The van der Waals surface area contributed by atoms with Gasteiger partial charge >= 0.3 is 5.97 Å². The predicted molar refractivity (Wildman–Crippen MR) is 155 cm³/mol. The third-order valence-corrected chi connectivity index (χ3v) is 6.69. The highest BCUT2D eigenvalue weighted by Crippen LogP contribution is 2.36. The third kappa shape index (κ3) is 6.03. The van der Waals surface area contributed by atoms with Crippen LogP contribution in [0.2, 0.25) is 0 Å². The van der Waals surface area contributed by atoms with Crippen molar-refractivity contribution in [2.45, 2.75) is 20.5 Å². The van der Waals surface area contributed by atoms with Gasteiger partial charge in [-0.05, 0) is 96.2 Å². The molecule has 1 heterocycles. The van der Waals surface area contributed by atoms with Crippen molar-refractivity contribution in [1.29, 1.82) is 0 Å². The summed E-state index contributed by atoms with van der Waals surface area (Å²) >= 11 is 7.34. The predicted octanol–water partition coefficient (Wildman–Crippen LogP) is 5.11. The number of carbonyl (C=O) groups is 3. The van der Waals surface area contributed by atoms with Crippen LogP contribution in [0.1, 0.15) is 34.0 Å². The van der Waals surface area contributed by atoms with E-state index in [1.165, 1.54) is 24.3 Å². The van der Waals surface area contributed by atoms with Gasteiger partial charge in [0, 0.05) is 0 Å². The van der Waals surface area contributed by atoms with Crippen LogP contribution in [-0.2, 0) is 16.2 Å². The molecule has 1 saturated heterocycles. The van der Waals surface area contributed by atoms with E-state index in [0.717, 1.165) is 19.6 Å². The van der Waals surface area contributed by atoms with Crippen LogP contribution >= 0.6 is 34.8 Å². The maximum atomic E-state index is 13.4. The molecule has 194 valence electrons. The van der Waals surface area contributed by atoms with Gasteiger partial charge in [-0.25, -0.2) is 4.79 Å². The molecule has 38 heavy (non-hydrogen) atoms. The number of nitrogens with one attached hydrogen (secondary N) is 1. The van der Waals surface area contributed by atoms with E-state index in [1.54, 1.807) is 18.2 Å². The first-order chi connectivity index (χ1) is 18.2. The van der Waals surface area contributed by atoms with Gasteiger partial charge in [-0.2, -0.15) is 0 Å². The molecule has 0 atom stereocenters. The molecule has 2 amide bonds. The minimum atomic E-state index is -1.15. The van der Waals surface area contributed by atoms with E-state index in [0.29, 0.717) is 30.3 Å². The van der Waals surface area contributed by atoms with Crippen LogP contribution in [0, 0.1) is 10.5 Å². The summed E-state index contributed by atoms with van der Waals surface area (Å²) < 4.78 is 12.6. The number of hydrogen-bond acceptors (Lipinski definition) is 6. The lowest BCUT2D eigenvalue weighted by Crippen LogP contribution is -2.54. The average Bonchev–Trinajstić information content (AvgIpc) is 2.87. The van der Waals surface area contributed by atoms with Gasteiger partial charge < -0.3 is 14.6 Å². The zero-order chi connectivity index (χ0) is 27.4. The summed E-state index contributed by atoms with van der Waals surface area (Å²) in [6, 6.07) is 17.3. The third-order valence-electron chi connectivity index (χ3n) is 5.60. The average molecular weight is 642 g/mol. The number of carboxylic acids is 1. The number of ether oxygens (including phenoxy) is 2. The highest BCUT2D eigenvalue weighted by Gasteiger charge is 2.35. The molecule has 1 fully saturated rings. The van der Waals surface area contributed by atoms with Gasteiger partial charge in [0.2, 0.25) is 0 Å². The summed E-state index contributed by atoms with van der Waals surface area (Å²) in [5.41, 5.74) is 2.77. The lowest BCUT2D eigenvalue weighted by atomic mass is 10.1. The fourth-order valence-corrected chi connectivity index (χ4v) is 4.81. The van der Waals surface area contributed by atoms with Crippen LogP contribution < -0.4 is 19.7 Å². The first-order valence-electron chi connectivity index (χ1n) is 11.6. The van der Waals surface area contributed by atoms with Crippen molar-refractivity contribution in [2.24, 2.45) is 0 Å². The molecule has 0 unspecified atom stereocenters. The maximum absolute atomic E-state index is 13.4. The molecule has 4 rings (SSSR count). The number of halogens is 1. The second-order valence-electron chi connectivity index (χ2n) is 8.35. The molecule has 0 aromatic heterocycles. The molecule has 3 aromatic rings. The van der Waals surface area contributed by atoms with Crippen molar-refractivity contribution < 1.29 is 29.0 Å². The van der Waals surface area contributed by atoms with Gasteiger partial charge in [0.1, 0.15) is 12.2 Å². The van der Waals surface area contributed by atoms with Crippen molar-refractivity contribution in [3.8, 4) is 11.5 Å². The Bertz CT molecular complexity index is 1470. The van der Waals surface area contributed by atoms with E-state index in [-0.39, 0.29) is 21.9 Å². The van der Waals surface area contributed by atoms with Gasteiger partial charge in [-0.1, -0.05) is 35.9 Å². The highest BCUT2D eigenvalue weighted by atomic mass is 127. The zero-order valence-corrected chi connectivity index (χ0v) is 23.5. The topological polar surface area (TPSA) is 105 Å².